The normalized spacial score (nSPS) is 13.5. The molecule has 1 aromatic carbocycles. The van der Waals surface area contributed by atoms with Crippen molar-refractivity contribution in [2.75, 3.05) is 6.61 Å². The Kier molecular flexibility index (Phi) is 3.47. The molecule has 2 rings (SSSR count). The number of ether oxygens (including phenoxy) is 1. The van der Waals surface area contributed by atoms with Gasteiger partial charge in [-0.25, -0.2) is 9.18 Å². The molecule has 93 valence electrons. The molecule has 0 aromatic heterocycles. The monoisotopic (exact) mass is 312 g/mol. The van der Waals surface area contributed by atoms with Crippen molar-refractivity contribution in [1.82, 2.24) is 5.32 Å². The van der Waals surface area contributed by atoms with Crippen LogP contribution in [0.4, 0.5) is 10.1 Å². The average Bonchev–Trinajstić information content (AvgIpc) is 2.30. The molecule has 0 N–H and O–H groups in total. The van der Waals surface area contributed by atoms with Gasteiger partial charge in [-0.05, 0) is 19.1 Å². The van der Waals surface area contributed by atoms with Crippen molar-refractivity contribution in [3.63, 3.8) is 0 Å². The second-order valence-corrected chi connectivity index (χ2v) is 4.42. The minimum Gasteiger partial charge on any atom is -0.462 e. The Morgan fingerprint density at radius 1 is 1.50 bits per heavy atom. The fraction of sp³-hybridized carbons (Fsp3) is 0.167. The zero-order valence-corrected chi connectivity index (χ0v) is 11.0. The summed E-state index contributed by atoms with van der Waals surface area (Å²) in [6.45, 7) is 1.79. The second kappa shape index (κ2) is 4.89. The van der Waals surface area contributed by atoms with Crippen molar-refractivity contribution in [1.29, 1.82) is 0 Å². The molecule has 0 fully saturated rings. The van der Waals surface area contributed by atoms with Crippen LogP contribution in [0.15, 0.2) is 28.4 Å². The molecular weight excluding hydrogens is 305 g/mol. The van der Waals surface area contributed by atoms with E-state index in [4.69, 9.17) is 4.74 Å². The number of Topliss-reactive ketones (excluding diaryl/α,β-unsaturated/α-hetero) is 1. The summed E-state index contributed by atoms with van der Waals surface area (Å²) < 4.78 is 18.7. The summed E-state index contributed by atoms with van der Waals surface area (Å²) in [4.78, 5) is 23.5. The van der Waals surface area contributed by atoms with Crippen LogP contribution in [-0.2, 0) is 9.53 Å². The van der Waals surface area contributed by atoms with Gasteiger partial charge in [0.1, 0.15) is 11.3 Å². The van der Waals surface area contributed by atoms with Crippen LogP contribution in [0.25, 0.3) is 0 Å². The Labute approximate surface area is 111 Å². The summed E-state index contributed by atoms with van der Waals surface area (Å²) in [6.07, 6.45) is 1.04. The first-order chi connectivity index (χ1) is 8.54. The zero-order valence-electron chi connectivity index (χ0n) is 9.37. The van der Waals surface area contributed by atoms with Gasteiger partial charge >= 0.3 is 5.97 Å². The number of rotatable bonds is 2. The number of carbonyl (C=O) groups is 2. The number of nitrogens with zero attached hydrogens (tertiary/aromatic N) is 1. The first-order valence-corrected chi connectivity index (χ1v) is 5.95. The molecule has 1 radical (unpaired) electrons. The van der Waals surface area contributed by atoms with E-state index in [9.17, 15) is 14.0 Å². The highest BCUT2D eigenvalue weighted by Gasteiger charge is 2.29. The molecule has 0 spiro atoms. The fourth-order valence-electron chi connectivity index (χ4n) is 1.56. The van der Waals surface area contributed by atoms with Gasteiger partial charge in [0.05, 0.1) is 12.2 Å². The number of carbonyl (C=O) groups excluding carboxylic acids is 2. The fourth-order valence-corrected chi connectivity index (χ4v) is 1.99. The summed E-state index contributed by atoms with van der Waals surface area (Å²) in [6, 6.07) is 2.63. The molecule has 1 heterocycles. The molecule has 0 saturated carbocycles. The van der Waals surface area contributed by atoms with Gasteiger partial charge in [0.2, 0.25) is 5.78 Å². The van der Waals surface area contributed by atoms with Crippen molar-refractivity contribution >= 4 is 33.4 Å². The summed E-state index contributed by atoms with van der Waals surface area (Å²) >= 11 is 3.09. The quantitative estimate of drug-likeness (QED) is 0.622. The van der Waals surface area contributed by atoms with E-state index in [0.29, 0.717) is 4.47 Å². The highest BCUT2D eigenvalue weighted by molar-refractivity contribution is 9.10. The van der Waals surface area contributed by atoms with Gasteiger partial charge in [-0.3, -0.25) is 10.1 Å². The Bertz CT molecular complexity index is 569. The van der Waals surface area contributed by atoms with E-state index in [0.717, 1.165) is 6.20 Å². The van der Waals surface area contributed by atoms with Crippen LogP contribution >= 0.6 is 15.9 Å². The number of benzene rings is 1. The Morgan fingerprint density at radius 3 is 2.89 bits per heavy atom. The number of hydrogen-bond donors (Lipinski definition) is 0. The molecule has 6 heteroatoms. The van der Waals surface area contributed by atoms with Crippen LogP contribution < -0.4 is 5.32 Å². The van der Waals surface area contributed by atoms with E-state index >= 15 is 0 Å². The summed E-state index contributed by atoms with van der Waals surface area (Å²) in [7, 11) is 0. The lowest BCUT2D eigenvalue weighted by molar-refractivity contribution is -0.138. The summed E-state index contributed by atoms with van der Waals surface area (Å²) in [5, 5.41) is 3.79. The van der Waals surface area contributed by atoms with Gasteiger partial charge in [-0.1, -0.05) is 15.9 Å². The molecule has 0 saturated heterocycles. The molecule has 18 heavy (non-hydrogen) atoms. The largest absolute Gasteiger partial charge is 0.462 e. The van der Waals surface area contributed by atoms with E-state index in [1.807, 2.05) is 0 Å². The number of hydrogen-bond acceptors (Lipinski definition) is 3. The van der Waals surface area contributed by atoms with Crippen LogP contribution in [0.3, 0.4) is 0 Å². The number of esters is 1. The maximum Gasteiger partial charge on any atom is 0.343 e. The zero-order chi connectivity index (χ0) is 13.3. The lowest BCUT2D eigenvalue weighted by Gasteiger charge is -2.15. The van der Waals surface area contributed by atoms with Crippen LogP contribution in [0.5, 0.6) is 0 Å². The topological polar surface area (TPSA) is 57.5 Å². The lowest BCUT2D eigenvalue weighted by atomic mass is 9.99. The van der Waals surface area contributed by atoms with Gasteiger partial charge in [0.25, 0.3) is 0 Å². The predicted molar refractivity (Wildman–Crippen MR) is 64.9 cm³/mol. The SMILES string of the molecule is CCOC(=O)C1=C[N]c2c(F)cc(Br)cc2C1=O. The summed E-state index contributed by atoms with van der Waals surface area (Å²) in [5.74, 6) is -1.96. The van der Waals surface area contributed by atoms with Gasteiger partial charge < -0.3 is 4.74 Å². The third-order valence-electron chi connectivity index (χ3n) is 2.34. The average molecular weight is 313 g/mol. The Morgan fingerprint density at radius 2 is 2.22 bits per heavy atom. The van der Waals surface area contributed by atoms with Crippen molar-refractivity contribution in [2.24, 2.45) is 0 Å². The number of halogens is 2. The molecule has 4 nitrogen and oxygen atoms in total. The van der Waals surface area contributed by atoms with Crippen molar-refractivity contribution in [2.45, 2.75) is 6.92 Å². The van der Waals surface area contributed by atoms with Crippen molar-refractivity contribution in [3.8, 4) is 0 Å². The smallest absolute Gasteiger partial charge is 0.343 e. The maximum absolute atomic E-state index is 13.6. The van der Waals surface area contributed by atoms with Gasteiger partial charge in [-0.15, -0.1) is 0 Å². The predicted octanol–water partition coefficient (Wildman–Crippen LogP) is 2.47. The van der Waals surface area contributed by atoms with E-state index in [1.54, 1.807) is 6.92 Å². The van der Waals surface area contributed by atoms with Crippen LogP contribution in [-0.4, -0.2) is 18.4 Å². The van der Waals surface area contributed by atoms with Gasteiger partial charge in [0, 0.05) is 10.7 Å². The first kappa shape index (κ1) is 12.8. The highest BCUT2D eigenvalue weighted by atomic mass is 79.9. The minimum atomic E-state index is -0.753. The molecule has 0 amide bonds. The van der Waals surface area contributed by atoms with Crippen molar-refractivity contribution in [3.05, 3.63) is 39.8 Å². The van der Waals surface area contributed by atoms with Crippen LogP contribution in [0.2, 0.25) is 0 Å². The highest BCUT2D eigenvalue weighted by Crippen LogP contribution is 2.30. The third-order valence-corrected chi connectivity index (χ3v) is 2.79. The maximum atomic E-state index is 13.6. The van der Waals surface area contributed by atoms with Gasteiger partial charge in [-0.2, -0.15) is 0 Å². The molecule has 1 aromatic rings. The Hall–Kier alpha value is -1.69. The van der Waals surface area contributed by atoms with E-state index in [2.05, 4.69) is 21.2 Å². The Balaban J connectivity index is 2.42. The minimum absolute atomic E-state index is 0.0485. The standard InChI is InChI=1S/C12H8BrFNO3/c1-2-18-12(17)8-5-15-10-7(11(8)16)3-6(13)4-9(10)14/h3-5H,2H2,1H3. The molecular formula is C12H8BrFNO3. The van der Waals surface area contributed by atoms with Gasteiger partial charge in [0.15, 0.2) is 5.82 Å². The van der Waals surface area contributed by atoms with Crippen molar-refractivity contribution < 1.29 is 18.7 Å². The number of fused-ring (bicyclic) bond motifs is 1. The van der Waals surface area contributed by atoms with E-state index in [-0.39, 0.29) is 23.4 Å². The van der Waals surface area contributed by atoms with E-state index in [1.165, 1.54) is 12.1 Å². The molecule has 0 aliphatic carbocycles. The summed E-state index contributed by atoms with van der Waals surface area (Å²) in [5.41, 5.74) is -0.203. The van der Waals surface area contributed by atoms with Crippen LogP contribution in [0, 0.1) is 5.82 Å². The first-order valence-electron chi connectivity index (χ1n) is 5.16. The molecule has 0 atom stereocenters. The molecule has 0 unspecified atom stereocenters. The molecule has 1 aliphatic heterocycles. The number of ketones is 1. The third kappa shape index (κ3) is 2.15. The second-order valence-electron chi connectivity index (χ2n) is 3.51. The lowest BCUT2D eigenvalue weighted by Crippen LogP contribution is -2.22. The molecule has 0 bridgehead atoms. The van der Waals surface area contributed by atoms with Crippen LogP contribution in [0.1, 0.15) is 17.3 Å². The van der Waals surface area contributed by atoms with E-state index < -0.39 is 17.6 Å². The molecule has 1 aliphatic rings.